The van der Waals surface area contributed by atoms with Gasteiger partial charge in [-0.1, -0.05) is 18.7 Å². The smallest absolute Gasteiger partial charge is 0.281 e. The van der Waals surface area contributed by atoms with Crippen LogP contribution in [0.2, 0.25) is 0 Å². The summed E-state index contributed by atoms with van der Waals surface area (Å²) in [5.41, 5.74) is 1.19. The van der Waals surface area contributed by atoms with Gasteiger partial charge in [0.2, 0.25) is 0 Å². The van der Waals surface area contributed by atoms with Crippen LogP contribution in [0.1, 0.15) is 6.92 Å². The first-order chi connectivity index (χ1) is 8.63. The van der Waals surface area contributed by atoms with Crippen LogP contribution in [0, 0.1) is 0 Å². The third-order valence-corrected chi connectivity index (χ3v) is 2.62. The molecule has 0 bridgehead atoms. The minimum atomic E-state index is -0.189. The van der Waals surface area contributed by atoms with Crippen LogP contribution < -0.4 is 10.9 Å². The molecule has 0 saturated heterocycles. The topological polar surface area (TPSA) is 77.6 Å². The van der Waals surface area contributed by atoms with E-state index in [1.54, 1.807) is 7.05 Å². The Morgan fingerprint density at radius 1 is 1.56 bits per heavy atom. The lowest BCUT2D eigenvalue weighted by atomic mass is 10.3. The molecule has 0 amide bonds. The Morgan fingerprint density at radius 3 is 3.06 bits per heavy atom. The predicted molar refractivity (Wildman–Crippen MR) is 68.2 cm³/mol. The number of nitrogens with zero attached hydrogens (tertiary/aromatic N) is 5. The predicted octanol–water partition coefficient (Wildman–Crippen LogP) is -0.309. The molecule has 0 aliphatic rings. The van der Waals surface area contributed by atoms with E-state index in [-0.39, 0.29) is 5.56 Å². The summed E-state index contributed by atoms with van der Waals surface area (Å²) in [5.74, 6) is 0. The van der Waals surface area contributed by atoms with E-state index in [1.165, 1.54) is 15.6 Å². The molecule has 0 aliphatic heterocycles. The SMILES string of the molecule is C=C(CNCC)Cn1nnc2c(cnn2C)c1=O. The molecule has 0 aliphatic carbocycles. The van der Waals surface area contributed by atoms with Crippen molar-refractivity contribution in [3.63, 3.8) is 0 Å². The standard InChI is InChI=1S/C11H16N6O/c1-4-12-5-8(2)7-17-11(18)9-6-13-16(3)10(9)14-15-17/h6,12H,2,4-5,7H2,1,3H3. The minimum absolute atomic E-state index is 0.189. The molecule has 7 nitrogen and oxygen atoms in total. The molecule has 0 unspecified atom stereocenters. The Kier molecular flexibility index (Phi) is 3.52. The summed E-state index contributed by atoms with van der Waals surface area (Å²) in [4.78, 5) is 12.1. The molecule has 7 heteroatoms. The quantitative estimate of drug-likeness (QED) is 0.734. The summed E-state index contributed by atoms with van der Waals surface area (Å²) in [6.07, 6.45) is 1.51. The lowest BCUT2D eigenvalue weighted by Crippen LogP contribution is -2.27. The highest BCUT2D eigenvalue weighted by Gasteiger charge is 2.09. The van der Waals surface area contributed by atoms with E-state index >= 15 is 0 Å². The number of hydrogen-bond acceptors (Lipinski definition) is 5. The van der Waals surface area contributed by atoms with Gasteiger partial charge in [0, 0.05) is 13.6 Å². The van der Waals surface area contributed by atoms with Crippen molar-refractivity contribution in [1.29, 1.82) is 0 Å². The van der Waals surface area contributed by atoms with Crippen LogP contribution in [0.4, 0.5) is 0 Å². The van der Waals surface area contributed by atoms with Crippen LogP contribution in [0.3, 0.4) is 0 Å². The van der Waals surface area contributed by atoms with Crippen LogP contribution in [0.15, 0.2) is 23.1 Å². The molecule has 0 fully saturated rings. The molecule has 2 aromatic heterocycles. The molecule has 0 atom stereocenters. The fourth-order valence-electron chi connectivity index (χ4n) is 1.65. The number of hydrogen-bond donors (Lipinski definition) is 1. The molecule has 2 rings (SSSR count). The summed E-state index contributed by atoms with van der Waals surface area (Å²) in [6.45, 7) is 7.81. The lowest BCUT2D eigenvalue weighted by Gasteiger charge is -2.07. The van der Waals surface area contributed by atoms with E-state index in [9.17, 15) is 4.79 Å². The van der Waals surface area contributed by atoms with Crippen LogP contribution in [0.25, 0.3) is 11.0 Å². The van der Waals surface area contributed by atoms with Crippen molar-refractivity contribution in [2.45, 2.75) is 13.5 Å². The second-order valence-corrected chi connectivity index (χ2v) is 4.09. The Morgan fingerprint density at radius 2 is 2.33 bits per heavy atom. The molecule has 96 valence electrons. The first-order valence-electron chi connectivity index (χ1n) is 5.76. The maximum absolute atomic E-state index is 12.1. The Labute approximate surface area is 104 Å². The average Bonchev–Trinajstić information content (AvgIpc) is 2.73. The van der Waals surface area contributed by atoms with Gasteiger partial charge in [-0.3, -0.25) is 4.79 Å². The third-order valence-electron chi connectivity index (χ3n) is 2.62. The van der Waals surface area contributed by atoms with E-state index in [1.807, 2.05) is 6.92 Å². The maximum Gasteiger partial charge on any atom is 0.281 e. The monoisotopic (exact) mass is 248 g/mol. The molecule has 2 heterocycles. The van der Waals surface area contributed by atoms with Crippen molar-refractivity contribution in [3.8, 4) is 0 Å². The fourth-order valence-corrected chi connectivity index (χ4v) is 1.65. The zero-order chi connectivity index (χ0) is 13.1. The summed E-state index contributed by atoms with van der Waals surface area (Å²) in [7, 11) is 1.73. The van der Waals surface area contributed by atoms with Crippen molar-refractivity contribution in [1.82, 2.24) is 30.1 Å². The Balaban J connectivity index is 2.27. The van der Waals surface area contributed by atoms with Crippen LogP contribution >= 0.6 is 0 Å². The first kappa shape index (κ1) is 12.4. The van der Waals surface area contributed by atoms with Crippen molar-refractivity contribution in [3.05, 3.63) is 28.7 Å². The zero-order valence-electron chi connectivity index (χ0n) is 10.6. The number of fused-ring (bicyclic) bond motifs is 1. The molecule has 18 heavy (non-hydrogen) atoms. The van der Waals surface area contributed by atoms with Gasteiger partial charge in [0.25, 0.3) is 5.56 Å². The molecule has 0 aromatic carbocycles. The first-order valence-corrected chi connectivity index (χ1v) is 5.76. The van der Waals surface area contributed by atoms with Crippen molar-refractivity contribution >= 4 is 11.0 Å². The summed E-state index contributed by atoms with van der Waals surface area (Å²) in [6, 6.07) is 0. The Bertz CT molecular complexity index is 626. The largest absolute Gasteiger partial charge is 0.313 e. The Hall–Kier alpha value is -2.02. The molecule has 1 N–H and O–H groups in total. The van der Waals surface area contributed by atoms with E-state index in [0.717, 1.165) is 12.1 Å². The highest BCUT2D eigenvalue weighted by Crippen LogP contribution is 2.02. The number of aromatic nitrogens is 5. The van der Waals surface area contributed by atoms with Gasteiger partial charge in [0.1, 0.15) is 5.39 Å². The molecule has 0 saturated carbocycles. The minimum Gasteiger partial charge on any atom is -0.313 e. The van der Waals surface area contributed by atoms with Crippen molar-refractivity contribution in [2.24, 2.45) is 7.05 Å². The fraction of sp³-hybridized carbons (Fsp3) is 0.455. The van der Waals surface area contributed by atoms with Gasteiger partial charge >= 0.3 is 0 Å². The highest BCUT2D eigenvalue weighted by molar-refractivity contribution is 5.72. The van der Waals surface area contributed by atoms with E-state index in [4.69, 9.17) is 0 Å². The zero-order valence-corrected chi connectivity index (χ0v) is 10.6. The van der Waals surface area contributed by atoms with Gasteiger partial charge in [-0.25, -0.2) is 9.36 Å². The van der Waals surface area contributed by atoms with Crippen LogP contribution in [-0.4, -0.2) is 37.9 Å². The van der Waals surface area contributed by atoms with E-state index < -0.39 is 0 Å². The number of rotatable bonds is 5. The highest BCUT2D eigenvalue weighted by atomic mass is 16.1. The summed E-state index contributed by atoms with van der Waals surface area (Å²) in [5, 5.41) is 15.5. The number of likely N-dealkylation sites (N-methyl/N-ethyl adjacent to an activating group) is 1. The number of aryl methyl sites for hydroxylation is 1. The molecular weight excluding hydrogens is 232 g/mol. The summed E-state index contributed by atoms with van der Waals surface area (Å²) < 4.78 is 2.84. The second-order valence-electron chi connectivity index (χ2n) is 4.09. The third kappa shape index (κ3) is 2.30. The second kappa shape index (κ2) is 5.09. The molecule has 2 aromatic rings. The molecule has 0 radical (unpaired) electrons. The van der Waals surface area contributed by atoms with E-state index in [2.05, 4.69) is 27.3 Å². The average molecular weight is 248 g/mol. The molecule has 0 spiro atoms. The number of nitrogens with one attached hydrogen (secondary N) is 1. The van der Waals surface area contributed by atoms with Crippen LogP contribution in [0.5, 0.6) is 0 Å². The van der Waals surface area contributed by atoms with Gasteiger partial charge in [-0.05, 0) is 12.1 Å². The van der Waals surface area contributed by atoms with E-state index in [0.29, 0.717) is 24.1 Å². The lowest BCUT2D eigenvalue weighted by molar-refractivity contribution is 0.576. The van der Waals surface area contributed by atoms with Crippen LogP contribution in [-0.2, 0) is 13.6 Å². The normalized spacial score (nSPS) is 11.0. The van der Waals surface area contributed by atoms with Gasteiger partial charge in [-0.2, -0.15) is 5.10 Å². The van der Waals surface area contributed by atoms with Gasteiger partial charge in [-0.15, -0.1) is 5.10 Å². The maximum atomic E-state index is 12.1. The van der Waals surface area contributed by atoms with Gasteiger partial charge in [0.05, 0.1) is 12.7 Å². The van der Waals surface area contributed by atoms with Gasteiger partial charge in [0.15, 0.2) is 5.65 Å². The summed E-state index contributed by atoms with van der Waals surface area (Å²) >= 11 is 0. The molecular formula is C11H16N6O. The van der Waals surface area contributed by atoms with Crippen molar-refractivity contribution in [2.75, 3.05) is 13.1 Å². The van der Waals surface area contributed by atoms with Crippen molar-refractivity contribution < 1.29 is 0 Å². The van der Waals surface area contributed by atoms with Gasteiger partial charge < -0.3 is 5.32 Å².